The summed E-state index contributed by atoms with van der Waals surface area (Å²) < 4.78 is 1.66. The van der Waals surface area contributed by atoms with Gasteiger partial charge in [-0.2, -0.15) is 0 Å². The van der Waals surface area contributed by atoms with E-state index in [2.05, 4.69) is 15.0 Å². The summed E-state index contributed by atoms with van der Waals surface area (Å²) in [5, 5.41) is 0. The van der Waals surface area contributed by atoms with E-state index in [4.69, 9.17) is 0 Å². The summed E-state index contributed by atoms with van der Waals surface area (Å²) in [6, 6.07) is 1.57. The van der Waals surface area contributed by atoms with Gasteiger partial charge in [0.05, 0.1) is 18.4 Å². The third kappa shape index (κ3) is 3.48. The summed E-state index contributed by atoms with van der Waals surface area (Å²) in [5.41, 5.74) is 0.952. The topological polar surface area (TPSA) is 84.2 Å². The highest BCUT2D eigenvalue weighted by atomic mass is 16.2. The van der Waals surface area contributed by atoms with Crippen LogP contribution < -0.4 is 5.56 Å². The zero-order valence-corrected chi connectivity index (χ0v) is 13.8. The molecule has 1 aliphatic rings. The molecule has 1 aliphatic heterocycles. The highest BCUT2D eigenvalue weighted by Gasteiger charge is 2.23. The van der Waals surface area contributed by atoms with Crippen LogP contribution in [0.2, 0.25) is 0 Å². The number of nitrogens with zero attached hydrogens (tertiary/aromatic N) is 6. The van der Waals surface area contributed by atoms with Crippen molar-refractivity contribution in [3.63, 3.8) is 0 Å². The van der Waals surface area contributed by atoms with E-state index >= 15 is 0 Å². The van der Waals surface area contributed by atoms with Gasteiger partial charge in [-0.1, -0.05) is 0 Å². The Bertz CT molecular complexity index is 787. The van der Waals surface area contributed by atoms with Gasteiger partial charge in [-0.05, 0) is 20.5 Å². The minimum atomic E-state index is -0.191. The molecule has 126 valence electrons. The fourth-order valence-electron chi connectivity index (χ4n) is 2.79. The molecular formula is C16H20N6O2. The van der Waals surface area contributed by atoms with Gasteiger partial charge >= 0.3 is 0 Å². The average molecular weight is 328 g/mol. The van der Waals surface area contributed by atoms with Gasteiger partial charge in [-0.25, -0.2) is 9.97 Å². The monoisotopic (exact) mass is 328 g/mol. The molecule has 0 atom stereocenters. The minimum Gasteiger partial charge on any atom is -0.330 e. The molecular weight excluding hydrogens is 308 g/mol. The van der Waals surface area contributed by atoms with Crippen LogP contribution in [0, 0.1) is 0 Å². The van der Waals surface area contributed by atoms with E-state index in [1.807, 2.05) is 19.0 Å². The number of carbonyl (C=O) groups excluding carboxylic acids is 1. The third-order valence-corrected chi connectivity index (χ3v) is 3.83. The third-order valence-electron chi connectivity index (χ3n) is 3.83. The van der Waals surface area contributed by atoms with Gasteiger partial charge in [-0.3, -0.25) is 19.1 Å². The normalized spacial score (nSPS) is 14.4. The van der Waals surface area contributed by atoms with Crippen molar-refractivity contribution >= 4 is 5.91 Å². The van der Waals surface area contributed by atoms with Crippen LogP contribution in [0.5, 0.6) is 0 Å². The smallest absolute Gasteiger partial charge is 0.274 e. The zero-order valence-electron chi connectivity index (χ0n) is 13.8. The van der Waals surface area contributed by atoms with E-state index in [1.165, 1.54) is 18.6 Å². The van der Waals surface area contributed by atoms with Crippen molar-refractivity contribution in [2.45, 2.75) is 26.1 Å². The summed E-state index contributed by atoms with van der Waals surface area (Å²) >= 11 is 0. The molecule has 0 N–H and O–H groups in total. The van der Waals surface area contributed by atoms with Gasteiger partial charge in [0.25, 0.3) is 11.5 Å². The maximum Gasteiger partial charge on any atom is 0.274 e. The highest BCUT2D eigenvalue weighted by Crippen LogP contribution is 2.12. The highest BCUT2D eigenvalue weighted by molar-refractivity contribution is 5.91. The van der Waals surface area contributed by atoms with Crippen molar-refractivity contribution < 1.29 is 4.79 Å². The van der Waals surface area contributed by atoms with Crippen molar-refractivity contribution in [2.75, 3.05) is 20.6 Å². The van der Waals surface area contributed by atoms with Crippen molar-refractivity contribution in [3.8, 4) is 0 Å². The van der Waals surface area contributed by atoms with Crippen molar-refractivity contribution in [1.82, 2.24) is 29.3 Å². The molecule has 0 bridgehead atoms. The Balaban J connectivity index is 1.90. The molecule has 8 nitrogen and oxygen atoms in total. The van der Waals surface area contributed by atoms with Crippen molar-refractivity contribution in [1.29, 1.82) is 0 Å². The van der Waals surface area contributed by atoms with Crippen LogP contribution in [-0.4, -0.2) is 55.9 Å². The van der Waals surface area contributed by atoms with Gasteiger partial charge in [0, 0.05) is 38.1 Å². The van der Waals surface area contributed by atoms with Gasteiger partial charge in [0.2, 0.25) is 0 Å². The Morgan fingerprint density at radius 1 is 1.29 bits per heavy atom. The molecule has 0 fully saturated rings. The predicted molar refractivity (Wildman–Crippen MR) is 87.3 cm³/mol. The second-order valence-corrected chi connectivity index (χ2v) is 6.06. The molecule has 0 unspecified atom stereocenters. The molecule has 0 aromatic carbocycles. The van der Waals surface area contributed by atoms with Crippen LogP contribution in [0.25, 0.3) is 0 Å². The Hall–Kier alpha value is -2.61. The molecule has 2 aromatic heterocycles. The summed E-state index contributed by atoms with van der Waals surface area (Å²) in [6.07, 6.45) is 5.18. The van der Waals surface area contributed by atoms with E-state index < -0.39 is 0 Å². The Morgan fingerprint density at radius 3 is 2.83 bits per heavy atom. The molecule has 3 heterocycles. The lowest BCUT2D eigenvalue weighted by Gasteiger charge is -2.20. The van der Waals surface area contributed by atoms with E-state index in [1.54, 1.807) is 15.5 Å². The molecule has 0 spiro atoms. The summed E-state index contributed by atoms with van der Waals surface area (Å²) in [7, 11) is 3.85. The molecule has 0 radical (unpaired) electrons. The molecule has 0 saturated carbocycles. The fourth-order valence-corrected chi connectivity index (χ4v) is 2.79. The molecule has 0 saturated heterocycles. The van der Waals surface area contributed by atoms with E-state index in [-0.39, 0.29) is 11.5 Å². The number of fused-ring (bicyclic) bond motifs is 1. The fraction of sp³-hybridized carbons (Fsp3) is 0.438. The summed E-state index contributed by atoms with van der Waals surface area (Å²) in [5.74, 6) is 0.429. The van der Waals surface area contributed by atoms with Crippen LogP contribution >= 0.6 is 0 Å². The number of hydrogen-bond acceptors (Lipinski definition) is 6. The first kappa shape index (κ1) is 16.3. The van der Waals surface area contributed by atoms with Gasteiger partial charge in [-0.15, -0.1) is 0 Å². The van der Waals surface area contributed by atoms with Crippen molar-refractivity contribution in [3.05, 3.63) is 52.2 Å². The maximum atomic E-state index is 12.6. The molecule has 8 heteroatoms. The first-order valence-corrected chi connectivity index (χ1v) is 7.84. The Kier molecular flexibility index (Phi) is 4.66. The zero-order chi connectivity index (χ0) is 17.1. The lowest BCUT2D eigenvalue weighted by atomic mass is 10.3. The number of carbonyl (C=O) groups is 1. The largest absolute Gasteiger partial charge is 0.330 e. The minimum absolute atomic E-state index is 0.0642. The quantitative estimate of drug-likeness (QED) is 0.797. The van der Waals surface area contributed by atoms with E-state index in [9.17, 15) is 9.59 Å². The lowest BCUT2D eigenvalue weighted by molar-refractivity contribution is 0.0737. The van der Waals surface area contributed by atoms with E-state index in [0.717, 1.165) is 0 Å². The summed E-state index contributed by atoms with van der Waals surface area (Å²) in [4.78, 5) is 41.2. The molecule has 2 aromatic rings. The predicted octanol–water partition coefficient (Wildman–Crippen LogP) is 0.141. The first-order valence-electron chi connectivity index (χ1n) is 7.84. The number of hydrogen-bond donors (Lipinski definition) is 0. The van der Waals surface area contributed by atoms with Crippen LogP contribution in [-0.2, 0) is 19.6 Å². The van der Waals surface area contributed by atoms with Gasteiger partial charge in [0.15, 0.2) is 0 Å². The second kappa shape index (κ2) is 6.88. The Labute approximate surface area is 139 Å². The number of rotatable bonds is 3. The van der Waals surface area contributed by atoms with Crippen LogP contribution in [0.15, 0.2) is 29.5 Å². The van der Waals surface area contributed by atoms with Crippen LogP contribution in [0.4, 0.5) is 0 Å². The molecule has 0 aliphatic carbocycles. The first-order chi connectivity index (χ1) is 11.5. The Morgan fingerprint density at radius 2 is 2.12 bits per heavy atom. The molecule has 24 heavy (non-hydrogen) atoms. The van der Waals surface area contributed by atoms with Crippen LogP contribution in [0.1, 0.15) is 28.4 Å². The molecule has 3 rings (SSSR count). The maximum absolute atomic E-state index is 12.6. The second-order valence-electron chi connectivity index (χ2n) is 6.06. The molecule has 1 amide bonds. The SMILES string of the molecule is CN(C)Cc1cc(=O)n2c(n1)CN(C(=O)c1cnccn1)CCC2. The lowest BCUT2D eigenvalue weighted by Crippen LogP contribution is -2.33. The van der Waals surface area contributed by atoms with Crippen molar-refractivity contribution in [2.24, 2.45) is 0 Å². The van der Waals surface area contributed by atoms with E-state index in [0.29, 0.717) is 49.8 Å². The average Bonchev–Trinajstić information content (AvgIpc) is 2.77. The standard InChI is InChI=1S/C16H20N6O2/c1-20(2)10-12-8-15(23)22-7-3-6-21(11-14(22)19-12)16(24)13-9-17-4-5-18-13/h4-5,8-9H,3,6-7,10-11H2,1-2H3. The van der Waals surface area contributed by atoms with Gasteiger partial charge < -0.3 is 9.80 Å². The number of aromatic nitrogens is 4. The van der Waals surface area contributed by atoms with Gasteiger partial charge in [0.1, 0.15) is 11.5 Å². The summed E-state index contributed by atoms with van der Waals surface area (Å²) in [6.45, 7) is 2.00. The number of amides is 1. The van der Waals surface area contributed by atoms with Crippen LogP contribution in [0.3, 0.4) is 0 Å².